The summed E-state index contributed by atoms with van der Waals surface area (Å²) in [5, 5.41) is 0.240. The molecular formula is C6H9ClN4O. The number of aryl methyl sites for hydroxylation is 1. The van der Waals surface area contributed by atoms with Crippen molar-refractivity contribution in [1.82, 2.24) is 9.55 Å². The Balaban J connectivity index is 3.32. The number of nitrogens with one attached hydrogen (secondary N) is 1. The molecule has 0 aliphatic rings. The van der Waals surface area contributed by atoms with Crippen molar-refractivity contribution in [2.24, 2.45) is 5.84 Å². The lowest BCUT2D eigenvalue weighted by Gasteiger charge is -2.04. The molecule has 3 N–H and O–H groups in total. The number of rotatable bonds is 2. The number of hydrazine groups is 1. The molecule has 0 unspecified atom stereocenters. The van der Waals surface area contributed by atoms with Crippen LogP contribution >= 0.6 is 11.6 Å². The van der Waals surface area contributed by atoms with Gasteiger partial charge in [-0.05, 0) is 6.92 Å². The Morgan fingerprint density at radius 1 is 1.83 bits per heavy atom. The topological polar surface area (TPSA) is 72.9 Å². The van der Waals surface area contributed by atoms with Gasteiger partial charge in [-0.15, -0.1) is 0 Å². The van der Waals surface area contributed by atoms with E-state index in [-0.39, 0.29) is 16.5 Å². The molecule has 1 aromatic heterocycles. The maximum Gasteiger partial charge on any atom is 0.294 e. The summed E-state index contributed by atoms with van der Waals surface area (Å²) in [6.07, 6.45) is 1.46. The second-order valence-electron chi connectivity index (χ2n) is 2.15. The lowest BCUT2D eigenvalue weighted by molar-refractivity contribution is 0.719. The molecule has 0 aliphatic heterocycles. The molecule has 0 saturated heterocycles. The monoisotopic (exact) mass is 188 g/mol. The Kier molecular flexibility index (Phi) is 2.67. The number of nitrogens with two attached hydrogens (primary N) is 1. The van der Waals surface area contributed by atoms with Gasteiger partial charge in [-0.2, -0.15) is 0 Å². The Morgan fingerprint density at radius 3 is 3.00 bits per heavy atom. The van der Waals surface area contributed by atoms with E-state index in [4.69, 9.17) is 17.4 Å². The van der Waals surface area contributed by atoms with Gasteiger partial charge in [0.15, 0.2) is 0 Å². The zero-order valence-electron chi connectivity index (χ0n) is 6.54. The predicted molar refractivity (Wildman–Crippen MR) is 47.0 cm³/mol. The molecule has 0 bridgehead atoms. The van der Waals surface area contributed by atoms with Gasteiger partial charge in [-0.3, -0.25) is 4.79 Å². The molecule has 0 atom stereocenters. The van der Waals surface area contributed by atoms with Crippen LogP contribution in [0.5, 0.6) is 0 Å². The third-order valence-corrected chi connectivity index (χ3v) is 1.60. The van der Waals surface area contributed by atoms with Gasteiger partial charge in [0.2, 0.25) is 5.82 Å². The molecule has 0 aromatic carbocycles. The molecule has 1 rings (SSSR count). The summed E-state index contributed by atoms with van der Waals surface area (Å²) in [4.78, 5) is 15.0. The highest BCUT2D eigenvalue weighted by atomic mass is 35.5. The average molecular weight is 189 g/mol. The minimum atomic E-state index is -0.274. The lowest BCUT2D eigenvalue weighted by Crippen LogP contribution is -2.26. The van der Waals surface area contributed by atoms with Crippen molar-refractivity contribution in [2.45, 2.75) is 13.5 Å². The molecule has 0 saturated carbocycles. The second kappa shape index (κ2) is 3.55. The second-order valence-corrected chi connectivity index (χ2v) is 2.53. The van der Waals surface area contributed by atoms with Crippen LogP contribution in [0.4, 0.5) is 5.82 Å². The van der Waals surface area contributed by atoms with Crippen molar-refractivity contribution in [2.75, 3.05) is 5.43 Å². The molecule has 0 fully saturated rings. The van der Waals surface area contributed by atoms with E-state index in [9.17, 15) is 4.79 Å². The predicted octanol–water partition coefficient (Wildman–Crippen LogP) is 0.202. The first-order valence-corrected chi connectivity index (χ1v) is 3.80. The fourth-order valence-electron chi connectivity index (χ4n) is 0.836. The third kappa shape index (κ3) is 1.57. The van der Waals surface area contributed by atoms with Crippen LogP contribution in [0.15, 0.2) is 11.0 Å². The van der Waals surface area contributed by atoms with Crippen molar-refractivity contribution in [1.29, 1.82) is 0 Å². The molecular weight excluding hydrogens is 180 g/mol. The minimum absolute atomic E-state index is 0.0596. The highest BCUT2D eigenvalue weighted by molar-refractivity contribution is 6.29. The third-order valence-electron chi connectivity index (χ3n) is 1.42. The number of nitrogen functional groups attached to an aromatic ring is 1. The first-order chi connectivity index (χ1) is 5.69. The van der Waals surface area contributed by atoms with E-state index < -0.39 is 0 Å². The van der Waals surface area contributed by atoms with E-state index in [0.717, 1.165) is 0 Å². The normalized spacial score (nSPS) is 9.92. The summed E-state index contributed by atoms with van der Waals surface area (Å²) in [6, 6.07) is 0. The Bertz CT molecular complexity index is 307. The Morgan fingerprint density at radius 2 is 2.50 bits per heavy atom. The first-order valence-electron chi connectivity index (χ1n) is 3.42. The van der Waals surface area contributed by atoms with Crippen molar-refractivity contribution in [3.63, 3.8) is 0 Å². The maximum absolute atomic E-state index is 11.3. The van der Waals surface area contributed by atoms with E-state index in [0.29, 0.717) is 6.54 Å². The summed E-state index contributed by atoms with van der Waals surface area (Å²) < 4.78 is 1.42. The fourth-order valence-corrected chi connectivity index (χ4v) is 1.04. The average Bonchev–Trinajstić information content (AvgIpc) is 2.08. The molecule has 1 heterocycles. The van der Waals surface area contributed by atoms with E-state index in [1.807, 2.05) is 6.92 Å². The summed E-state index contributed by atoms with van der Waals surface area (Å²) in [6.45, 7) is 2.37. The quantitative estimate of drug-likeness (QED) is 0.514. The van der Waals surface area contributed by atoms with Crippen LogP contribution in [0.25, 0.3) is 0 Å². The highest BCUT2D eigenvalue weighted by Gasteiger charge is 2.03. The van der Waals surface area contributed by atoms with Crippen molar-refractivity contribution in [3.8, 4) is 0 Å². The van der Waals surface area contributed by atoms with Gasteiger partial charge >= 0.3 is 0 Å². The molecule has 0 amide bonds. The summed E-state index contributed by atoms with van der Waals surface area (Å²) in [5.74, 6) is 5.12. The maximum atomic E-state index is 11.3. The lowest BCUT2D eigenvalue weighted by atomic mass is 10.6. The number of aromatic nitrogens is 2. The molecule has 66 valence electrons. The van der Waals surface area contributed by atoms with Crippen LogP contribution in [-0.2, 0) is 6.54 Å². The van der Waals surface area contributed by atoms with Crippen LogP contribution < -0.4 is 16.8 Å². The summed E-state index contributed by atoms with van der Waals surface area (Å²) in [7, 11) is 0. The fraction of sp³-hybridized carbons (Fsp3) is 0.333. The van der Waals surface area contributed by atoms with Gasteiger partial charge < -0.3 is 9.99 Å². The van der Waals surface area contributed by atoms with Gasteiger partial charge in [0.25, 0.3) is 5.56 Å². The van der Waals surface area contributed by atoms with Crippen LogP contribution in [0, 0.1) is 0 Å². The van der Waals surface area contributed by atoms with E-state index >= 15 is 0 Å². The Hall–Kier alpha value is -1.07. The van der Waals surface area contributed by atoms with Crippen LogP contribution in [-0.4, -0.2) is 9.55 Å². The summed E-state index contributed by atoms with van der Waals surface area (Å²) in [5.41, 5.74) is 1.91. The van der Waals surface area contributed by atoms with Crippen LogP contribution in [0.2, 0.25) is 5.15 Å². The van der Waals surface area contributed by atoms with Gasteiger partial charge in [0, 0.05) is 12.7 Å². The van der Waals surface area contributed by atoms with Gasteiger partial charge in [-0.1, -0.05) is 11.6 Å². The summed E-state index contributed by atoms with van der Waals surface area (Å²) >= 11 is 5.61. The van der Waals surface area contributed by atoms with Crippen molar-refractivity contribution >= 4 is 17.4 Å². The van der Waals surface area contributed by atoms with Crippen molar-refractivity contribution in [3.05, 3.63) is 21.7 Å². The zero-order valence-corrected chi connectivity index (χ0v) is 7.30. The molecule has 6 heteroatoms. The number of nitrogens with zero attached hydrogens (tertiary/aromatic N) is 2. The van der Waals surface area contributed by atoms with E-state index in [1.165, 1.54) is 10.8 Å². The van der Waals surface area contributed by atoms with Gasteiger partial charge in [-0.25, -0.2) is 10.8 Å². The number of hydrogen-bond acceptors (Lipinski definition) is 4. The first kappa shape index (κ1) is 9.02. The number of anilines is 1. The molecule has 12 heavy (non-hydrogen) atoms. The molecule has 0 radical (unpaired) electrons. The number of halogens is 1. The van der Waals surface area contributed by atoms with Crippen LogP contribution in [0.3, 0.4) is 0 Å². The standard InChI is InChI=1S/C6H9ClN4O/c1-2-11-3-4(7)9-5(10-8)6(11)12/h3H,2,8H2,1H3,(H,9,10). The number of hydrogen-bond donors (Lipinski definition) is 2. The largest absolute Gasteiger partial charge is 0.310 e. The van der Waals surface area contributed by atoms with Crippen LogP contribution in [0.1, 0.15) is 6.92 Å². The molecule has 0 spiro atoms. The smallest absolute Gasteiger partial charge is 0.294 e. The van der Waals surface area contributed by atoms with Crippen molar-refractivity contribution < 1.29 is 0 Å². The van der Waals surface area contributed by atoms with E-state index in [2.05, 4.69) is 10.4 Å². The zero-order chi connectivity index (χ0) is 9.14. The van der Waals surface area contributed by atoms with Gasteiger partial charge in [0.1, 0.15) is 5.15 Å². The molecule has 5 nitrogen and oxygen atoms in total. The molecule has 1 aromatic rings. The Labute approximate surface area is 74.1 Å². The minimum Gasteiger partial charge on any atom is -0.310 e. The highest BCUT2D eigenvalue weighted by Crippen LogP contribution is 2.03. The van der Waals surface area contributed by atoms with Gasteiger partial charge in [0.05, 0.1) is 0 Å². The molecule has 0 aliphatic carbocycles. The van der Waals surface area contributed by atoms with E-state index in [1.54, 1.807) is 0 Å². The SMILES string of the molecule is CCn1cc(Cl)nc(NN)c1=O.